The zero-order valence-electron chi connectivity index (χ0n) is 24.9. The Morgan fingerprint density at radius 3 is 1.27 bits per heavy atom. The van der Waals surface area contributed by atoms with Crippen LogP contribution in [0.15, 0.2) is 98.1 Å². The first-order valence-corrected chi connectivity index (χ1v) is 13.9. The summed E-state index contributed by atoms with van der Waals surface area (Å²) in [4.78, 5) is 48.9. The molecule has 0 fully saturated rings. The molecule has 4 aromatic rings. The lowest BCUT2D eigenvalue weighted by molar-refractivity contribution is -0.288. The van der Waals surface area contributed by atoms with Gasteiger partial charge in [0.1, 0.15) is 0 Å². The van der Waals surface area contributed by atoms with Crippen molar-refractivity contribution in [2.75, 3.05) is 10.6 Å². The maximum Gasteiger partial charge on any atom is 0.411 e. The van der Waals surface area contributed by atoms with Crippen molar-refractivity contribution in [3.63, 3.8) is 0 Å². The lowest BCUT2D eigenvalue weighted by Gasteiger charge is -2.38. The first-order valence-electron chi connectivity index (χ1n) is 13.9. The lowest BCUT2D eigenvalue weighted by atomic mass is 9.73. The summed E-state index contributed by atoms with van der Waals surface area (Å²) >= 11 is 0. The Balaban J connectivity index is 1.69. The number of carboxylic acids is 2. The molecule has 14 heteroatoms. The summed E-state index contributed by atoms with van der Waals surface area (Å²) in [5.41, 5.74) is -8.23. The van der Waals surface area contributed by atoms with Gasteiger partial charge >= 0.3 is 24.3 Å². The van der Waals surface area contributed by atoms with Gasteiger partial charge in [0.2, 0.25) is 5.41 Å². The van der Waals surface area contributed by atoms with Crippen molar-refractivity contribution in [3.8, 4) is 0 Å². The van der Waals surface area contributed by atoms with Crippen LogP contribution in [0, 0.1) is 0 Å². The van der Waals surface area contributed by atoms with Crippen molar-refractivity contribution in [2.45, 2.75) is 17.8 Å². The molecule has 0 spiro atoms. The average molecular weight is 683 g/mol. The molecule has 4 aromatic carbocycles. The molecular weight excluding hydrogens is 658 g/mol. The van der Waals surface area contributed by atoms with Crippen LogP contribution >= 0.6 is 0 Å². The minimum atomic E-state index is -5.95. The highest BCUT2D eigenvalue weighted by atomic mass is 19.4. The second-order valence-corrected chi connectivity index (χ2v) is 10.4. The van der Waals surface area contributed by atoms with E-state index in [0.29, 0.717) is 35.4 Å². The van der Waals surface area contributed by atoms with Gasteiger partial charge in [-0.15, -0.1) is 0 Å². The van der Waals surface area contributed by atoms with Crippen LogP contribution in [0.1, 0.15) is 63.7 Å². The average Bonchev–Trinajstić information content (AvgIpc) is 3.04. The standard InChI is InChI=1S/C35H24F6N2O6/c1-3-19-6-16-26(31(46)47)27(17-19)30(45)43-24-13-9-22(10-14-24)33(34(36,37)38,35(39,40)41)21-7-11-23(12-8-21)42-29(44)25-15-5-20(4-2)18-28(25)32(48)49/h3-18H,1-2H2,(H,42,44)(H,43,45)(H,46,47)(H,48,49). The summed E-state index contributed by atoms with van der Waals surface area (Å²) in [5, 5.41) is 23.5. The molecule has 49 heavy (non-hydrogen) atoms. The number of carbonyl (C=O) groups excluding carboxylic acids is 2. The minimum Gasteiger partial charge on any atom is -0.478 e. The van der Waals surface area contributed by atoms with Crippen LogP contribution in [-0.2, 0) is 5.41 Å². The molecule has 0 aliphatic heterocycles. The zero-order valence-corrected chi connectivity index (χ0v) is 24.9. The van der Waals surface area contributed by atoms with E-state index in [1.807, 2.05) is 0 Å². The molecule has 0 radical (unpaired) electrons. The fourth-order valence-corrected chi connectivity index (χ4v) is 5.11. The van der Waals surface area contributed by atoms with Crippen molar-refractivity contribution in [1.29, 1.82) is 0 Å². The monoisotopic (exact) mass is 682 g/mol. The van der Waals surface area contributed by atoms with Crippen molar-refractivity contribution >= 4 is 47.3 Å². The van der Waals surface area contributed by atoms with E-state index in [0.717, 1.165) is 30.3 Å². The van der Waals surface area contributed by atoms with E-state index >= 15 is 0 Å². The van der Waals surface area contributed by atoms with Crippen LogP contribution < -0.4 is 10.6 Å². The van der Waals surface area contributed by atoms with Gasteiger partial charge in [0.25, 0.3) is 11.8 Å². The number of alkyl halides is 6. The summed E-state index contributed by atoms with van der Waals surface area (Å²) in [6, 6.07) is 12.8. The summed E-state index contributed by atoms with van der Waals surface area (Å²) in [6.45, 7) is 7.03. The lowest BCUT2D eigenvalue weighted by Crippen LogP contribution is -2.54. The second kappa shape index (κ2) is 13.5. The first kappa shape index (κ1) is 35.7. The molecule has 0 heterocycles. The van der Waals surface area contributed by atoms with Crippen molar-refractivity contribution in [3.05, 3.63) is 143 Å². The molecule has 0 saturated heterocycles. The van der Waals surface area contributed by atoms with Crippen LogP contribution in [0.2, 0.25) is 0 Å². The van der Waals surface area contributed by atoms with Gasteiger partial charge in [0, 0.05) is 11.4 Å². The molecule has 4 rings (SSSR count). The van der Waals surface area contributed by atoms with E-state index < -0.39 is 63.8 Å². The molecule has 0 aliphatic rings. The SMILES string of the molecule is C=Cc1ccc(C(=O)Nc2ccc(C(c3ccc(NC(=O)c4cc(C=C)ccc4C(=O)O)cc3)(C(F)(F)F)C(F)(F)F)cc2)c(C(=O)O)c1. The Morgan fingerprint density at radius 1 is 0.531 bits per heavy atom. The van der Waals surface area contributed by atoms with Crippen molar-refractivity contribution in [2.24, 2.45) is 0 Å². The minimum absolute atomic E-state index is 0.226. The van der Waals surface area contributed by atoms with E-state index in [-0.39, 0.29) is 22.5 Å². The molecule has 0 saturated carbocycles. The zero-order chi connectivity index (χ0) is 36.3. The summed E-state index contributed by atoms with van der Waals surface area (Å²) in [6.07, 6.45) is -9.23. The molecule has 252 valence electrons. The van der Waals surface area contributed by atoms with Gasteiger partial charge in [-0.3, -0.25) is 9.59 Å². The summed E-state index contributed by atoms with van der Waals surface area (Å²) in [5.74, 6) is -4.88. The fourth-order valence-electron chi connectivity index (χ4n) is 5.11. The highest BCUT2D eigenvalue weighted by molar-refractivity contribution is 6.12. The Morgan fingerprint density at radius 2 is 0.898 bits per heavy atom. The van der Waals surface area contributed by atoms with Crippen LogP contribution in [0.3, 0.4) is 0 Å². The third kappa shape index (κ3) is 6.93. The third-order valence-corrected chi connectivity index (χ3v) is 7.51. The number of amides is 2. The van der Waals surface area contributed by atoms with Gasteiger partial charge < -0.3 is 20.8 Å². The smallest absolute Gasteiger partial charge is 0.411 e. The Hall–Kier alpha value is -6.18. The van der Waals surface area contributed by atoms with E-state index in [1.54, 1.807) is 0 Å². The fraction of sp³-hybridized carbons (Fsp3) is 0.0857. The molecule has 0 atom stereocenters. The second-order valence-electron chi connectivity index (χ2n) is 10.4. The number of aromatic carboxylic acids is 2. The summed E-state index contributed by atoms with van der Waals surface area (Å²) in [7, 11) is 0. The van der Waals surface area contributed by atoms with Crippen LogP contribution in [-0.4, -0.2) is 46.3 Å². The quantitative estimate of drug-likeness (QED) is 0.125. The Bertz CT molecular complexity index is 1950. The molecule has 0 aliphatic carbocycles. The Kier molecular flexibility index (Phi) is 9.83. The first-order chi connectivity index (χ1) is 22.9. The number of nitrogens with one attached hydrogen (secondary N) is 2. The van der Waals surface area contributed by atoms with Crippen molar-refractivity contribution < 1.29 is 55.7 Å². The molecular formula is C35H24F6N2O6. The van der Waals surface area contributed by atoms with E-state index in [4.69, 9.17) is 0 Å². The molecule has 4 N–H and O–H groups in total. The highest BCUT2D eigenvalue weighted by Crippen LogP contribution is 2.56. The third-order valence-electron chi connectivity index (χ3n) is 7.51. The van der Waals surface area contributed by atoms with E-state index in [1.165, 1.54) is 42.5 Å². The molecule has 0 unspecified atom stereocenters. The van der Waals surface area contributed by atoms with Crippen molar-refractivity contribution in [1.82, 2.24) is 0 Å². The number of benzene rings is 4. The van der Waals surface area contributed by atoms with Crippen LogP contribution in [0.5, 0.6) is 0 Å². The molecule has 2 amide bonds. The topological polar surface area (TPSA) is 133 Å². The van der Waals surface area contributed by atoms with Gasteiger partial charge in [-0.1, -0.05) is 61.7 Å². The van der Waals surface area contributed by atoms with Crippen LogP contribution in [0.4, 0.5) is 37.7 Å². The number of carbonyl (C=O) groups is 4. The number of rotatable bonds is 10. The number of hydrogen-bond acceptors (Lipinski definition) is 4. The normalized spacial score (nSPS) is 11.7. The largest absolute Gasteiger partial charge is 0.478 e. The molecule has 8 nitrogen and oxygen atoms in total. The molecule has 0 bridgehead atoms. The Labute approximate surface area is 274 Å². The molecule has 0 aromatic heterocycles. The van der Waals surface area contributed by atoms with Gasteiger partial charge in [-0.2, -0.15) is 26.3 Å². The predicted molar refractivity (Wildman–Crippen MR) is 169 cm³/mol. The summed E-state index contributed by atoms with van der Waals surface area (Å²) < 4.78 is 88.2. The van der Waals surface area contributed by atoms with Crippen LogP contribution in [0.25, 0.3) is 12.2 Å². The van der Waals surface area contributed by atoms with Gasteiger partial charge in [-0.25, -0.2) is 9.59 Å². The van der Waals surface area contributed by atoms with Gasteiger partial charge in [-0.05, 0) is 70.8 Å². The highest BCUT2D eigenvalue weighted by Gasteiger charge is 2.72. The number of anilines is 2. The maximum absolute atomic E-state index is 14.7. The predicted octanol–water partition coefficient (Wildman–Crippen LogP) is 8.28. The van der Waals surface area contributed by atoms with Gasteiger partial charge in [0.05, 0.1) is 22.3 Å². The van der Waals surface area contributed by atoms with E-state index in [9.17, 15) is 55.7 Å². The number of carboxylic acid groups (broad SMARTS) is 2. The number of halogens is 6. The number of hydrogen-bond donors (Lipinski definition) is 4. The van der Waals surface area contributed by atoms with E-state index in [2.05, 4.69) is 23.8 Å². The van der Waals surface area contributed by atoms with Gasteiger partial charge in [0.15, 0.2) is 0 Å². The maximum atomic E-state index is 14.7.